The summed E-state index contributed by atoms with van der Waals surface area (Å²) >= 11 is 0. The van der Waals surface area contributed by atoms with Crippen LogP contribution in [0.4, 0.5) is 22.7 Å². The third-order valence-electron chi connectivity index (χ3n) is 4.25. The van der Waals surface area contributed by atoms with E-state index in [1.807, 2.05) is 79.7 Å². The second kappa shape index (κ2) is 11.3. The van der Waals surface area contributed by atoms with Crippen LogP contribution < -0.4 is 4.74 Å². The monoisotopic (exact) mass is 428 g/mol. The fourth-order valence-corrected chi connectivity index (χ4v) is 2.58. The lowest BCUT2D eigenvalue weighted by atomic mass is 10.2. The van der Waals surface area contributed by atoms with Gasteiger partial charge in [0.2, 0.25) is 0 Å². The molecule has 0 fully saturated rings. The summed E-state index contributed by atoms with van der Waals surface area (Å²) in [6.07, 6.45) is 0. The molecular weight excluding hydrogens is 404 g/mol. The summed E-state index contributed by atoms with van der Waals surface area (Å²) in [6, 6.07) is 22.4. The maximum atomic E-state index is 11.4. The summed E-state index contributed by atoms with van der Waals surface area (Å²) in [7, 11) is 0. The number of ether oxygens (including phenoxy) is 2. The maximum absolute atomic E-state index is 11.4. The summed E-state index contributed by atoms with van der Waals surface area (Å²) in [5, 5.41) is 16.9. The fraction of sp³-hybridized carbons (Fsp3) is 0.160. The second-order valence-corrected chi connectivity index (χ2v) is 6.97. The molecule has 162 valence electrons. The molecule has 0 aliphatic carbocycles. The van der Waals surface area contributed by atoms with Gasteiger partial charge in [0.15, 0.2) is 0 Å². The van der Waals surface area contributed by atoms with Crippen LogP contribution >= 0.6 is 0 Å². The first-order valence-corrected chi connectivity index (χ1v) is 10.1. The first kappa shape index (κ1) is 22.6. The van der Waals surface area contributed by atoms with E-state index in [2.05, 4.69) is 27.0 Å². The lowest BCUT2D eigenvalue weighted by Gasteiger charge is -2.10. The SMILES string of the molecule is C=C(C)C(=O)OCCOc1ccc(/N=N/c2ccc(/N=N/c3ccccc3)cc2)cc1C. The van der Waals surface area contributed by atoms with Gasteiger partial charge in [-0.15, -0.1) is 0 Å². The molecule has 3 rings (SSSR count). The second-order valence-electron chi connectivity index (χ2n) is 6.97. The van der Waals surface area contributed by atoms with Gasteiger partial charge in [-0.2, -0.15) is 20.5 Å². The van der Waals surface area contributed by atoms with Crippen LogP contribution in [0.2, 0.25) is 0 Å². The van der Waals surface area contributed by atoms with Crippen molar-refractivity contribution in [3.8, 4) is 5.75 Å². The molecule has 3 aromatic rings. The smallest absolute Gasteiger partial charge is 0.333 e. The van der Waals surface area contributed by atoms with E-state index in [0.29, 0.717) is 22.7 Å². The number of hydrogen-bond donors (Lipinski definition) is 0. The zero-order valence-corrected chi connectivity index (χ0v) is 18.1. The Morgan fingerprint density at radius 2 is 1.31 bits per heavy atom. The molecule has 0 atom stereocenters. The quantitative estimate of drug-likeness (QED) is 0.155. The Morgan fingerprint density at radius 3 is 1.88 bits per heavy atom. The molecule has 0 amide bonds. The summed E-state index contributed by atoms with van der Waals surface area (Å²) in [4.78, 5) is 11.4. The van der Waals surface area contributed by atoms with Crippen molar-refractivity contribution in [3.05, 3.63) is 90.5 Å². The molecule has 7 nitrogen and oxygen atoms in total. The standard InChI is InChI=1S/C25H24N4O3/c1-18(2)25(30)32-16-15-31-24-14-13-23(17-19(24)3)29-28-22-11-9-21(10-12-22)27-26-20-7-5-4-6-8-20/h4-14,17H,1,15-16H2,2-3H3/b27-26+,29-28+. The summed E-state index contributed by atoms with van der Waals surface area (Å²) in [5.74, 6) is 0.275. The van der Waals surface area contributed by atoms with Gasteiger partial charge >= 0.3 is 5.97 Å². The Balaban J connectivity index is 1.53. The highest BCUT2D eigenvalue weighted by Gasteiger charge is 2.04. The Morgan fingerprint density at radius 1 is 0.781 bits per heavy atom. The number of benzene rings is 3. The van der Waals surface area contributed by atoms with E-state index in [9.17, 15) is 4.79 Å². The minimum atomic E-state index is -0.423. The van der Waals surface area contributed by atoms with Crippen LogP contribution in [0.1, 0.15) is 12.5 Å². The summed E-state index contributed by atoms with van der Waals surface area (Å²) in [6.45, 7) is 7.48. The zero-order chi connectivity index (χ0) is 22.8. The number of rotatable bonds is 9. The number of aryl methyl sites for hydroxylation is 1. The number of carbonyl (C=O) groups is 1. The normalized spacial score (nSPS) is 11.1. The molecule has 0 heterocycles. The molecule has 32 heavy (non-hydrogen) atoms. The van der Waals surface area contributed by atoms with E-state index in [4.69, 9.17) is 9.47 Å². The van der Waals surface area contributed by atoms with Crippen LogP contribution in [0.25, 0.3) is 0 Å². The molecule has 0 bridgehead atoms. The van der Waals surface area contributed by atoms with E-state index in [1.54, 1.807) is 6.92 Å². The lowest BCUT2D eigenvalue weighted by Crippen LogP contribution is -2.12. The van der Waals surface area contributed by atoms with Crippen molar-refractivity contribution in [2.24, 2.45) is 20.5 Å². The largest absolute Gasteiger partial charge is 0.490 e. The van der Waals surface area contributed by atoms with E-state index in [-0.39, 0.29) is 13.2 Å². The van der Waals surface area contributed by atoms with Crippen LogP contribution in [0.5, 0.6) is 5.75 Å². The molecule has 0 aliphatic rings. The molecule has 0 aliphatic heterocycles. The van der Waals surface area contributed by atoms with Crippen LogP contribution in [-0.2, 0) is 9.53 Å². The van der Waals surface area contributed by atoms with Crippen molar-refractivity contribution in [2.75, 3.05) is 13.2 Å². The molecule has 0 saturated heterocycles. The third kappa shape index (κ3) is 6.98. The van der Waals surface area contributed by atoms with Crippen molar-refractivity contribution >= 4 is 28.7 Å². The van der Waals surface area contributed by atoms with Gasteiger partial charge in [-0.05, 0) is 74.0 Å². The number of carbonyl (C=O) groups excluding carboxylic acids is 1. The first-order valence-electron chi connectivity index (χ1n) is 10.1. The molecular formula is C25H24N4O3. The predicted octanol–water partition coefficient (Wildman–Crippen LogP) is 7.32. The minimum absolute atomic E-state index is 0.160. The number of nitrogens with zero attached hydrogens (tertiary/aromatic N) is 4. The highest BCUT2D eigenvalue weighted by molar-refractivity contribution is 5.86. The van der Waals surface area contributed by atoms with Crippen molar-refractivity contribution in [1.82, 2.24) is 0 Å². The van der Waals surface area contributed by atoms with Gasteiger partial charge in [0, 0.05) is 5.57 Å². The van der Waals surface area contributed by atoms with Crippen LogP contribution in [0.15, 0.2) is 105 Å². The van der Waals surface area contributed by atoms with Gasteiger partial charge in [-0.25, -0.2) is 4.79 Å². The number of esters is 1. The molecule has 0 spiro atoms. The van der Waals surface area contributed by atoms with Crippen molar-refractivity contribution < 1.29 is 14.3 Å². The summed E-state index contributed by atoms with van der Waals surface area (Å²) < 4.78 is 10.7. The van der Waals surface area contributed by atoms with Gasteiger partial charge in [-0.1, -0.05) is 24.8 Å². The van der Waals surface area contributed by atoms with E-state index < -0.39 is 5.97 Å². The van der Waals surface area contributed by atoms with Gasteiger partial charge in [0.05, 0.1) is 22.7 Å². The molecule has 3 aromatic carbocycles. The molecule has 0 unspecified atom stereocenters. The van der Waals surface area contributed by atoms with E-state index in [1.165, 1.54) is 0 Å². The number of azo groups is 2. The average Bonchev–Trinajstić information content (AvgIpc) is 2.81. The first-order chi connectivity index (χ1) is 15.5. The predicted molar refractivity (Wildman–Crippen MR) is 124 cm³/mol. The lowest BCUT2D eigenvalue weighted by molar-refractivity contribution is -0.139. The third-order valence-corrected chi connectivity index (χ3v) is 4.25. The van der Waals surface area contributed by atoms with E-state index >= 15 is 0 Å². The Labute approximate surface area is 187 Å². The summed E-state index contributed by atoms with van der Waals surface area (Å²) in [5.41, 5.74) is 4.22. The van der Waals surface area contributed by atoms with Gasteiger partial charge < -0.3 is 9.47 Å². The van der Waals surface area contributed by atoms with Crippen molar-refractivity contribution in [3.63, 3.8) is 0 Å². The maximum Gasteiger partial charge on any atom is 0.333 e. The fourth-order valence-electron chi connectivity index (χ4n) is 2.58. The highest BCUT2D eigenvalue weighted by Crippen LogP contribution is 2.26. The molecule has 0 saturated carbocycles. The van der Waals surface area contributed by atoms with Crippen LogP contribution in [0, 0.1) is 6.92 Å². The molecule has 7 heteroatoms. The Hall–Kier alpha value is -4.13. The number of hydrogen-bond acceptors (Lipinski definition) is 7. The van der Waals surface area contributed by atoms with E-state index in [0.717, 1.165) is 16.9 Å². The Kier molecular flexibility index (Phi) is 7.97. The molecule has 0 radical (unpaired) electrons. The van der Waals surface area contributed by atoms with Gasteiger partial charge in [-0.3, -0.25) is 0 Å². The van der Waals surface area contributed by atoms with Gasteiger partial charge in [0.1, 0.15) is 19.0 Å². The highest BCUT2D eigenvalue weighted by atomic mass is 16.6. The topological polar surface area (TPSA) is 85.0 Å². The van der Waals surface area contributed by atoms with Gasteiger partial charge in [0.25, 0.3) is 0 Å². The zero-order valence-electron chi connectivity index (χ0n) is 18.1. The molecule has 0 aromatic heterocycles. The van der Waals surface area contributed by atoms with Crippen molar-refractivity contribution in [1.29, 1.82) is 0 Å². The minimum Gasteiger partial charge on any atom is -0.490 e. The average molecular weight is 428 g/mol. The molecule has 0 N–H and O–H groups in total. The Bertz CT molecular complexity index is 1120. The van der Waals surface area contributed by atoms with Crippen molar-refractivity contribution in [2.45, 2.75) is 13.8 Å². The van der Waals surface area contributed by atoms with Crippen LogP contribution in [-0.4, -0.2) is 19.2 Å². The van der Waals surface area contributed by atoms with Crippen LogP contribution in [0.3, 0.4) is 0 Å².